The number of benzene rings is 1. The Morgan fingerprint density at radius 3 is 2.73 bits per heavy atom. The van der Waals surface area contributed by atoms with Crippen LogP contribution in [0.5, 0.6) is 5.75 Å². The lowest BCUT2D eigenvalue weighted by molar-refractivity contribution is 0.0945. The molecule has 0 bridgehead atoms. The van der Waals surface area contributed by atoms with Crippen molar-refractivity contribution in [2.24, 2.45) is 0 Å². The lowest BCUT2D eigenvalue weighted by Gasteiger charge is -2.17. The fourth-order valence-electron chi connectivity index (χ4n) is 3.94. The minimum Gasteiger partial charge on any atom is -0.494 e. The molecule has 2 aliphatic rings. The Bertz CT molecular complexity index is 997. The summed E-state index contributed by atoms with van der Waals surface area (Å²) in [5.74, 6) is 0.784. The van der Waals surface area contributed by atoms with E-state index in [-0.39, 0.29) is 5.69 Å². The fourth-order valence-corrected chi connectivity index (χ4v) is 3.94. The molecule has 0 unspecified atom stereocenters. The third kappa shape index (κ3) is 4.22. The molecule has 0 fully saturated rings. The second-order valence-corrected chi connectivity index (χ2v) is 7.50. The molecular weight excluding hydrogens is 382 g/mol. The van der Waals surface area contributed by atoms with Crippen LogP contribution in [0.4, 0.5) is 11.6 Å². The van der Waals surface area contributed by atoms with Gasteiger partial charge < -0.3 is 15.0 Å². The van der Waals surface area contributed by atoms with Gasteiger partial charge in [0.1, 0.15) is 5.75 Å². The Morgan fingerprint density at radius 2 is 2.00 bits per heavy atom. The van der Waals surface area contributed by atoms with Gasteiger partial charge in [0.05, 0.1) is 6.61 Å². The number of rotatable bonds is 7. The zero-order valence-corrected chi connectivity index (χ0v) is 17.3. The maximum atomic E-state index is 12.8. The molecule has 4 rings (SSSR count). The van der Waals surface area contributed by atoms with Gasteiger partial charge in [-0.1, -0.05) is 11.6 Å². The first-order chi connectivity index (χ1) is 14.7. The van der Waals surface area contributed by atoms with Gasteiger partial charge in [0, 0.05) is 25.3 Å². The Balaban J connectivity index is 1.45. The van der Waals surface area contributed by atoms with Gasteiger partial charge in [-0.2, -0.15) is 0 Å². The molecule has 30 heavy (non-hydrogen) atoms. The zero-order valence-electron chi connectivity index (χ0n) is 17.3. The van der Waals surface area contributed by atoms with Gasteiger partial charge >= 0.3 is 0 Å². The van der Waals surface area contributed by atoms with E-state index in [0.29, 0.717) is 32.2 Å². The number of anilines is 2. The van der Waals surface area contributed by atoms with E-state index in [9.17, 15) is 9.59 Å². The number of carbonyl (C=O) groups is 1. The van der Waals surface area contributed by atoms with Gasteiger partial charge in [0.25, 0.3) is 11.5 Å². The number of carbonyl (C=O) groups excluding carboxylic acids is 1. The minimum atomic E-state index is -0.460. The molecular formula is C22H27N5O3. The Kier molecular flexibility index (Phi) is 6.11. The molecule has 0 radical (unpaired) electrons. The topological polar surface area (TPSA) is 89.3 Å². The molecule has 1 aliphatic carbocycles. The summed E-state index contributed by atoms with van der Waals surface area (Å²) in [5, 5.41) is 11.0. The molecule has 0 spiro atoms. The highest BCUT2D eigenvalue weighted by Gasteiger charge is 2.27. The number of hydrogen-bond acceptors (Lipinski definition) is 6. The molecule has 0 atom stereocenters. The zero-order chi connectivity index (χ0) is 20.9. The standard InChI is InChI=1S/C22H27N5O3/c1-2-30-18-10-8-17(9-11-18)26-14-15-27-21(29)19(24-25-22(26)27)20(28)23-13-12-16-6-4-3-5-7-16/h6,8-11H,2-5,7,12-15H2,1H3,(H,23,28). The largest absolute Gasteiger partial charge is 0.494 e. The van der Waals surface area contributed by atoms with Crippen LogP contribution in [0.2, 0.25) is 0 Å². The van der Waals surface area contributed by atoms with E-state index in [1.165, 1.54) is 23.0 Å². The van der Waals surface area contributed by atoms with Crippen molar-refractivity contribution in [2.45, 2.75) is 45.6 Å². The maximum Gasteiger partial charge on any atom is 0.286 e. The highest BCUT2D eigenvalue weighted by molar-refractivity contribution is 5.91. The lowest BCUT2D eigenvalue weighted by atomic mass is 9.97. The predicted octanol–water partition coefficient (Wildman–Crippen LogP) is 2.81. The predicted molar refractivity (Wildman–Crippen MR) is 114 cm³/mol. The van der Waals surface area contributed by atoms with Crippen LogP contribution < -0.4 is 20.5 Å². The number of allylic oxidation sites excluding steroid dienone is 1. The summed E-state index contributed by atoms with van der Waals surface area (Å²) in [7, 11) is 0. The summed E-state index contributed by atoms with van der Waals surface area (Å²) < 4.78 is 6.99. The van der Waals surface area contributed by atoms with Crippen molar-refractivity contribution in [3.8, 4) is 5.75 Å². The van der Waals surface area contributed by atoms with E-state index in [1.54, 1.807) is 0 Å². The van der Waals surface area contributed by atoms with Crippen molar-refractivity contribution in [1.29, 1.82) is 0 Å². The highest BCUT2D eigenvalue weighted by atomic mass is 16.5. The van der Waals surface area contributed by atoms with Gasteiger partial charge in [0.15, 0.2) is 0 Å². The fraction of sp³-hybridized carbons (Fsp3) is 0.455. The van der Waals surface area contributed by atoms with Crippen LogP contribution in [0.25, 0.3) is 0 Å². The number of amides is 1. The van der Waals surface area contributed by atoms with Gasteiger partial charge in [-0.25, -0.2) is 0 Å². The number of nitrogens with one attached hydrogen (secondary N) is 1. The van der Waals surface area contributed by atoms with Crippen molar-refractivity contribution in [1.82, 2.24) is 20.1 Å². The number of ether oxygens (including phenoxy) is 1. The number of nitrogens with zero attached hydrogens (tertiary/aromatic N) is 4. The first-order valence-electron chi connectivity index (χ1n) is 10.6. The summed E-state index contributed by atoms with van der Waals surface area (Å²) in [4.78, 5) is 27.2. The maximum absolute atomic E-state index is 12.8. The molecule has 1 aliphatic heterocycles. The summed E-state index contributed by atoms with van der Waals surface area (Å²) in [6.07, 6.45) is 7.74. The summed E-state index contributed by atoms with van der Waals surface area (Å²) in [6, 6.07) is 7.62. The third-order valence-corrected chi connectivity index (χ3v) is 5.51. The summed E-state index contributed by atoms with van der Waals surface area (Å²) in [5.41, 5.74) is 1.73. The van der Waals surface area contributed by atoms with Gasteiger partial charge in [0.2, 0.25) is 11.6 Å². The third-order valence-electron chi connectivity index (χ3n) is 5.51. The number of hydrogen-bond donors (Lipinski definition) is 1. The van der Waals surface area contributed by atoms with Crippen LogP contribution in [0.1, 0.15) is 49.5 Å². The van der Waals surface area contributed by atoms with Crippen molar-refractivity contribution >= 4 is 17.5 Å². The average molecular weight is 409 g/mol. The molecule has 8 nitrogen and oxygen atoms in total. The smallest absolute Gasteiger partial charge is 0.286 e. The first kappa shape index (κ1) is 20.1. The van der Waals surface area contributed by atoms with Gasteiger partial charge in [-0.3, -0.25) is 14.2 Å². The molecule has 158 valence electrons. The minimum absolute atomic E-state index is 0.148. The van der Waals surface area contributed by atoms with Crippen LogP contribution in [0.3, 0.4) is 0 Å². The van der Waals surface area contributed by atoms with E-state index in [0.717, 1.165) is 30.7 Å². The molecule has 1 aromatic carbocycles. The summed E-state index contributed by atoms with van der Waals surface area (Å²) in [6.45, 7) is 4.11. The Labute approximate surface area is 175 Å². The SMILES string of the molecule is CCOc1ccc(N2CCn3c2nnc(C(=O)NCCC2=CCCCC2)c3=O)cc1. The first-order valence-corrected chi connectivity index (χ1v) is 10.6. The molecule has 2 aromatic rings. The molecule has 1 aromatic heterocycles. The van der Waals surface area contributed by atoms with Crippen LogP contribution in [0, 0.1) is 0 Å². The summed E-state index contributed by atoms with van der Waals surface area (Å²) >= 11 is 0. The van der Waals surface area contributed by atoms with Crippen LogP contribution in [-0.4, -0.2) is 40.4 Å². The highest BCUT2D eigenvalue weighted by Crippen LogP contribution is 2.28. The van der Waals surface area contributed by atoms with E-state index in [4.69, 9.17) is 4.74 Å². The monoisotopic (exact) mass is 409 g/mol. The van der Waals surface area contributed by atoms with Crippen LogP contribution in [-0.2, 0) is 6.54 Å². The second kappa shape index (κ2) is 9.11. The van der Waals surface area contributed by atoms with Crippen molar-refractivity contribution in [3.05, 3.63) is 52.0 Å². The van der Waals surface area contributed by atoms with Crippen LogP contribution >= 0.6 is 0 Å². The molecule has 0 saturated heterocycles. The number of aromatic nitrogens is 3. The van der Waals surface area contributed by atoms with E-state index in [2.05, 4.69) is 21.6 Å². The number of fused-ring (bicyclic) bond motifs is 1. The molecule has 1 N–H and O–H groups in total. The van der Waals surface area contributed by atoms with E-state index in [1.807, 2.05) is 36.1 Å². The Hall–Kier alpha value is -3.16. The molecule has 8 heteroatoms. The normalized spacial score (nSPS) is 15.5. The van der Waals surface area contributed by atoms with Crippen molar-refractivity contribution in [3.63, 3.8) is 0 Å². The second-order valence-electron chi connectivity index (χ2n) is 7.50. The van der Waals surface area contributed by atoms with Crippen LogP contribution in [0.15, 0.2) is 40.7 Å². The van der Waals surface area contributed by atoms with Crippen molar-refractivity contribution in [2.75, 3.05) is 24.6 Å². The Morgan fingerprint density at radius 1 is 1.17 bits per heavy atom. The average Bonchev–Trinajstić information content (AvgIpc) is 3.20. The van der Waals surface area contributed by atoms with Gasteiger partial charge in [-0.15, -0.1) is 10.2 Å². The quantitative estimate of drug-likeness (QED) is 0.708. The lowest BCUT2D eigenvalue weighted by Crippen LogP contribution is -2.35. The van der Waals surface area contributed by atoms with E-state index < -0.39 is 11.5 Å². The van der Waals surface area contributed by atoms with Gasteiger partial charge in [-0.05, 0) is 63.3 Å². The molecule has 2 heterocycles. The van der Waals surface area contributed by atoms with E-state index >= 15 is 0 Å². The van der Waals surface area contributed by atoms with Crippen molar-refractivity contribution < 1.29 is 9.53 Å². The molecule has 1 amide bonds. The molecule has 0 saturated carbocycles.